The minimum absolute atomic E-state index is 0.258. The van der Waals surface area contributed by atoms with Gasteiger partial charge >= 0.3 is 0 Å². The third-order valence-corrected chi connectivity index (χ3v) is 2.86. The second-order valence-electron chi connectivity index (χ2n) is 4.09. The lowest BCUT2D eigenvalue weighted by molar-refractivity contribution is -0.118. The molecule has 1 rings (SSSR count). The molecule has 0 aromatic carbocycles. The fourth-order valence-corrected chi connectivity index (χ4v) is 1.87. The van der Waals surface area contributed by atoms with Crippen molar-refractivity contribution in [2.24, 2.45) is 5.73 Å². The third kappa shape index (κ3) is 4.87. The van der Waals surface area contributed by atoms with Crippen LogP contribution in [0.1, 0.15) is 38.2 Å². The zero-order valence-corrected chi connectivity index (χ0v) is 11.3. The number of nitrogens with one attached hydrogen (secondary N) is 1. The van der Waals surface area contributed by atoms with Crippen molar-refractivity contribution in [3.05, 3.63) is 17.0 Å². The van der Waals surface area contributed by atoms with E-state index in [1.54, 1.807) is 0 Å². The van der Waals surface area contributed by atoms with E-state index in [0.29, 0.717) is 11.6 Å². The van der Waals surface area contributed by atoms with Crippen LogP contribution in [0.3, 0.4) is 0 Å². The third-order valence-electron chi connectivity index (χ3n) is 2.54. The van der Waals surface area contributed by atoms with Crippen LogP contribution in [0.25, 0.3) is 0 Å². The summed E-state index contributed by atoms with van der Waals surface area (Å²) in [6.07, 6.45) is 5.37. The molecule has 0 spiro atoms. The van der Waals surface area contributed by atoms with E-state index < -0.39 is 0 Å². The Morgan fingerprint density at radius 3 is 2.89 bits per heavy atom. The molecule has 0 aliphatic heterocycles. The number of amides is 1. The molecular weight excluding hydrogens is 252 g/mol. The van der Waals surface area contributed by atoms with Crippen molar-refractivity contribution in [3.8, 4) is 0 Å². The van der Waals surface area contributed by atoms with Crippen LogP contribution in [0.5, 0.6) is 0 Å². The molecule has 0 atom stereocenters. The fourth-order valence-electron chi connectivity index (χ4n) is 1.65. The van der Waals surface area contributed by atoms with Gasteiger partial charge in [0.15, 0.2) is 0 Å². The highest BCUT2D eigenvalue weighted by molar-refractivity contribution is 6.30. The number of rotatable bonds is 8. The number of aromatic nitrogens is 2. The van der Waals surface area contributed by atoms with Crippen molar-refractivity contribution in [2.75, 3.05) is 11.9 Å². The van der Waals surface area contributed by atoms with E-state index in [9.17, 15) is 4.79 Å². The van der Waals surface area contributed by atoms with Crippen molar-refractivity contribution in [1.82, 2.24) is 9.97 Å². The Morgan fingerprint density at radius 2 is 2.22 bits per heavy atom. The number of unbranched alkanes of at least 4 members (excludes halogenated alkanes) is 1. The number of hydrogen-bond acceptors (Lipinski definition) is 4. The zero-order chi connectivity index (χ0) is 13.4. The molecular formula is C12H19ClN4O. The van der Waals surface area contributed by atoms with Gasteiger partial charge in [-0.15, -0.1) is 0 Å². The highest BCUT2D eigenvalue weighted by Gasteiger charge is 2.08. The number of nitrogens with two attached hydrogens (primary N) is 1. The van der Waals surface area contributed by atoms with Gasteiger partial charge in [0.05, 0.1) is 0 Å². The van der Waals surface area contributed by atoms with Crippen LogP contribution < -0.4 is 11.1 Å². The Hall–Kier alpha value is -1.36. The Balaban J connectivity index is 2.46. The molecule has 5 nitrogen and oxygen atoms in total. The lowest BCUT2D eigenvalue weighted by atomic mass is 10.2. The Labute approximate surface area is 112 Å². The van der Waals surface area contributed by atoms with Gasteiger partial charge < -0.3 is 11.1 Å². The van der Waals surface area contributed by atoms with Gasteiger partial charge in [0.2, 0.25) is 5.91 Å². The minimum atomic E-state index is -0.258. The minimum Gasteiger partial charge on any atom is -0.370 e. The molecule has 18 heavy (non-hydrogen) atoms. The molecule has 6 heteroatoms. The maximum Gasteiger partial charge on any atom is 0.217 e. The molecule has 100 valence electrons. The van der Waals surface area contributed by atoms with Gasteiger partial charge in [-0.3, -0.25) is 4.79 Å². The number of carbonyl (C=O) groups excluding carboxylic acids is 1. The van der Waals surface area contributed by atoms with E-state index in [4.69, 9.17) is 17.3 Å². The van der Waals surface area contributed by atoms with Crippen LogP contribution in [0.15, 0.2) is 6.33 Å². The number of hydrogen-bond donors (Lipinski definition) is 2. The second kappa shape index (κ2) is 7.87. The van der Waals surface area contributed by atoms with Gasteiger partial charge in [0.1, 0.15) is 17.3 Å². The summed E-state index contributed by atoms with van der Waals surface area (Å²) in [5.41, 5.74) is 6.03. The van der Waals surface area contributed by atoms with Gasteiger partial charge in [-0.25, -0.2) is 9.97 Å². The van der Waals surface area contributed by atoms with Crippen LogP contribution in [0, 0.1) is 0 Å². The lowest BCUT2D eigenvalue weighted by Gasteiger charge is -2.10. The molecule has 0 aliphatic carbocycles. The predicted octanol–water partition coefficient (Wildman–Crippen LogP) is 2.15. The van der Waals surface area contributed by atoms with Crippen molar-refractivity contribution in [3.63, 3.8) is 0 Å². The van der Waals surface area contributed by atoms with E-state index >= 15 is 0 Å². The summed E-state index contributed by atoms with van der Waals surface area (Å²) in [5, 5.41) is 3.73. The first-order valence-electron chi connectivity index (χ1n) is 6.16. The number of nitrogens with zero attached hydrogens (tertiary/aromatic N) is 2. The average molecular weight is 271 g/mol. The van der Waals surface area contributed by atoms with Gasteiger partial charge in [-0.1, -0.05) is 24.9 Å². The van der Waals surface area contributed by atoms with Gasteiger partial charge in [0, 0.05) is 18.5 Å². The molecule has 0 bridgehead atoms. The highest BCUT2D eigenvalue weighted by Crippen LogP contribution is 2.21. The first kappa shape index (κ1) is 14.7. The molecule has 1 aromatic rings. The van der Waals surface area contributed by atoms with Gasteiger partial charge in [-0.05, 0) is 19.3 Å². The number of halogens is 1. The van der Waals surface area contributed by atoms with Crippen LogP contribution in [-0.4, -0.2) is 22.4 Å². The van der Waals surface area contributed by atoms with Crippen LogP contribution in [-0.2, 0) is 11.2 Å². The normalized spacial score (nSPS) is 10.3. The largest absolute Gasteiger partial charge is 0.370 e. The summed E-state index contributed by atoms with van der Waals surface area (Å²) in [7, 11) is 0. The Morgan fingerprint density at radius 1 is 1.44 bits per heavy atom. The molecule has 3 N–H and O–H groups in total. The molecule has 0 saturated heterocycles. The number of primary amides is 1. The maximum absolute atomic E-state index is 10.6. The van der Waals surface area contributed by atoms with Crippen molar-refractivity contribution < 1.29 is 4.79 Å². The standard InChI is InChI=1S/C12H19ClN4O/c1-2-5-9-11(13)16-8-17-12(9)15-7-4-3-6-10(14)18/h8H,2-7H2,1H3,(H2,14,18)(H,15,16,17). The molecule has 0 aliphatic rings. The number of anilines is 1. The smallest absolute Gasteiger partial charge is 0.217 e. The van der Waals surface area contributed by atoms with Crippen molar-refractivity contribution in [1.29, 1.82) is 0 Å². The monoisotopic (exact) mass is 270 g/mol. The first-order valence-corrected chi connectivity index (χ1v) is 6.54. The van der Waals surface area contributed by atoms with Crippen LogP contribution in [0.4, 0.5) is 5.82 Å². The summed E-state index contributed by atoms with van der Waals surface area (Å²) in [6.45, 7) is 2.83. The van der Waals surface area contributed by atoms with E-state index in [-0.39, 0.29) is 5.91 Å². The summed E-state index contributed by atoms with van der Waals surface area (Å²) in [6, 6.07) is 0. The Kier molecular flexibility index (Phi) is 6.43. The average Bonchev–Trinajstić information content (AvgIpc) is 2.32. The Bertz CT molecular complexity index is 398. The van der Waals surface area contributed by atoms with E-state index in [1.807, 2.05) is 0 Å². The summed E-state index contributed by atoms with van der Waals surface area (Å²) >= 11 is 6.04. The lowest BCUT2D eigenvalue weighted by Crippen LogP contribution is -2.11. The van der Waals surface area contributed by atoms with Crippen LogP contribution >= 0.6 is 11.6 Å². The van der Waals surface area contributed by atoms with Gasteiger partial charge in [-0.2, -0.15) is 0 Å². The summed E-state index contributed by atoms with van der Waals surface area (Å²) in [5.74, 6) is 0.530. The fraction of sp³-hybridized carbons (Fsp3) is 0.583. The van der Waals surface area contributed by atoms with Gasteiger partial charge in [0.25, 0.3) is 0 Å². The topological polar surface area (TPSA) is 80.9 Å². The predicted molar refractivity (Wildman–Crippen MR) is 72.6 cm³/mol. The zero-order valence-electron chi connectivity index (χ0n) is 10.6. The molecule has 1 aromatic heterocycles. The van der Waals surface area contributed by atoms with Crippen molar-refractivity contribution >= 4 is 23.3 Å². The number of carbonyl (C=O) groups is 1. The van der Waals surface area contributed by atoms with E-state index in [1.165, 1.54) is 6.33 Å². The quantitative estimate of drug-likeness (QED) is 0.560. The van der Waals surface area contributed by atoms with Crippen molar-refractivity contribution in [2.45, 2.75) is 39.0 Å². The molecule has 0 fully saturated rings. The molecule has 1 amide bonds. The molecule has 0 radical (unpaired) electrons. The SMILES string of the molecule is CCCc1c(Cl)ncnc1NCCCCC(N)=O. The molecule has 1 heterocycles. The second-order valence-corrected chi connectivity index (χ2v) is 4.45. The molecule has 0 unspecified atom stereocenters. The first-order chi connectivity index (χ1) is 8.65. The maximum atomic E-state index is 10.6. The van der Waals surface area contributed by atoms with E-state index in [0.717, 1.165) is 43.6 Å². The summed E-state index contributed by atoms with van der Waals surface area (Å²) < 4.78 is 0. The van der Waals surface area contributed by atoms with Crippen LogP contribution in [0.2, 0.25) is 5.15 Å². The molecule has 0 saturated carbocycles. The highest BCUT2D eigenvalue weighted by atomic mass is 35.5. The van der Waals surface area contributed by atoms with E-state index in [2.05, 4.69) is 22.2 Å². The summed E-state index contributed by atoms with van der Waals surface area (Å²) in [4.78, 5) is 18.8.